The van der Waals surface area contributed by atoms with E-state index in [1.165, 1.54) is 6.07 Å². The van der Waals surface area contributed by atoms with E-state index in [0.29, 0.717) is 40.4 Å². The first-order valence-electron chi connectivity index (χ1n) is 12.0. The number of para-hydroxylation sites is 1. The van der Waals surface area contributed by atoms with Gasteiger partial charge in [-0.2, -0.15) is 0 Å². The number of likely N-dealkylation sites (tertiary alicyclic amines) is 1. The average molecular weight is 502 g/mol. The molecule has 4 aromatic rings. The van der Waals surface area contributed by atoms with Crippen molar-refractivity contribution in [3.8, 4) is 17.2 Å². The number of carboxylic acid groups (broad SMARTS) is 1. The number of aliphatic hydroxyl groups excluding tert-OH is 1. The average Bonchev–Trinajstić information content (AvgIpc) is 3.25. The number of ether oxygens (including phenoxy) is 2. The van der Waals surface area contributed by atoms with Gasteiger partial charge in [0.05, 0.1) is 17.6 Å². The molecule has 1 aliphatic rings. The Kier molecular flexibility index (Phi) is 6.94. The molecule has 1 aliphatic heterocycles. The number of benzene rings is 3. The summed E-state index contributed by atoms with van der Waals surface area (Å²) in [6, 6.07) is 20.9. The molecule has 1 aromatic heterocycles. The lowest BCUT2D eigenvalue weighted by molar-refractivity contribution is -0.142. The second-order valence-electron chi connectivity index (χ2n) is 9.19. The van der Waals surface area contributed by atoms with Crippen molar-refractivity contribution >= 4 is 16.9 Å². The molecule has 0 amide bonds. The molecule has 3 aromatic carbocycles. The Morgan fingerprint density at radius 2 is 1.81 bits per heavy atom. The predicted octanol–water partition coefficient (Wildman–Crippen LogP) is 4.49. The van der Waals surface area contributed by atoms with Crippen LogP contribution in [0, 0.1) is 6.92 Å². The molecule has 37 heavy (non-hydrogen) atoms. The molecule has 0 radical (unpaired) electrons. The molecule has 0 saturated carbocycles. The minimum Gasteiger partial charge on any atom is -0.489 e. The molecule has 2 atom stereocenters. The Labute approximate surface area is 213 Å². The zero-order chi connectivity index (χ0) is 25.9. The summed E-state index contributed by atoms with van der Waals surface area (Å²) < 4.78 is 17.6. The Balaban J connectivity index is 1.49. The summed E-state index contributed by atoms with van der Waals surface area (Å²) in [6.07, 6.45) is -0.557. The van der Waals surface area contributed by atoms with Crippen LogP contribution < -0.4 is 15.1 Å². The van der Waals surface area contributed by atoms with Gasteiger partial charge in [0.2, 0.25) is 0 Å². The third kappa shape index (κ3) is 5.50. The molecule has 5 rings (SSSR count). The molecule has 0 spiro atoms. The summed E-state index contributed by atoms with van der Waals surface area (Å²) >= 11 is 0. The number of β-amino-alcohol motifs (C(OH)–C–C–N with tert-alkyl or cyclic N) is 1. The lowest BCUT2D eigenvalue weighted by Gasteiger charge is -2.23. The molecule has 190 valence electrons. The summed E-state index contributed by atoms with van der Waals surface area (Å²) in [5.41, 5.74) is 2.71. The van der Waals surface area contributed by atoms with E-state index in [-0.39, 0.29) is 19.5 Å². The van der Waals surface area contributed by atoms with Gasteiger partial charge in [-0.1, -0.05) is 42.5 Å². The number of aryl methyl sites for hydroxylation is 1. The van der Waals surface area contributed by atoms with E-state index in [1.54, 1.807) is 35.2 Å². The minimum absolute atomic E-state index is 0.160. The van der Waals surface area contributed by atoms with Crippen LogP contribution in [0.4, 0.5) is 0 Å². The second kappa shape index (κ2) is 10.5. The van der Waals surface area contributed by atoms with Gasteiger partial charge in [0.15, 0.2) is 0 Å². The van der Waals surface area contributed by atoms with E-state index in [4.69, 9.17) is 13.9 Å². The Hall–Kier alpha value is -4.14. The standard InChI is InChI=1S/C29H27NO7/c1-18-6-2-3-7-20(18)17-35-22-11-10-19(15-30-16-21(31)12-24(30)29(33)34)26(13-22)36-27-14-28(32)37-25-9-5-4-8-23(25)27/h2-11,13-14,21,24,31H,12,15-17H2,1H3,(H,33,34)/t21-,24+/m1/s1. The van der Waals surface area contributed by atoms with E-state index in [2.05, 4.69) is 0 Å². The Morgan fingerprint density at radius 3 is 2.62 bits per heavy atom. The topological polar surface area (TPSA) is 109 Å². The fourth-order valence-corrected chi connectivity index (χ4v) is 4.60. The number of hydrogen-bond acceptors (Lipinski definition) is 7. The van der Waals surface area contributed by atoms with Crippen LogP contribution in [-0.4, -0.2) is 39.8 Å². The van der Waals surface area contributed by atoms with Crippen molar-refractivity contribution in [1.29, 1.82) is 0 Å². The monoisotopic (exact) mass is 501 g/mol. The van der Waals surface area contributed by atoms with Crippen LogP contribution in [0.25, 0.3) is 11.0 Å². The fraction of sp³-hybridized carbons (Fsp3) is 0.241. The predicted molar refractivity (Wildman–Crippen MR) is 137 cm³/mol. The van der Waals surface area contributed by atoms with Gasteiger partial charge in [-0.05, 0) is 36.2 Å². The smallest absolute Gasteiger partial charge is 0.339 e. The van der Waals surface area contributed by atoms with Crippen LogP contribution in [0.1, 0.15) is 23.1 Å². The summed E-state index contributed by atoms with van der Waals surface area (Å²) in [4.78, 5) is 25.7. The van der Waals surface area contributed by atoms with Crippen LogP contribution in [0.5, 0.6) is 17.2 Å². The molecule has 1 saturated heterocycles. The summed E-state index contributed by atoms with van der Waals surface area (Å²) in [5.74, 6) is 0.318. The van der Waals surface area contributed by atoms with Crippen molar-refractivity contribution in [2.75, 3.05) is 6.54 Å². The zero-order valence-corrected chi connectivity index (χ0v) is 20.3. The van der Waals surface area contributed by atoms with E-state index in [1.807, 2.05) is 43.3 Å². The van der Waals surface area contributed by atoms with Gasteiger partial charge >= 0.3 is 11.6 Å². The highest BCUT2D eigenvalue weighted by Gasteiger charge is 2.36. The first-order valence-corrected chi connectivity index (χ1v) is 12.0. The van der Waals surface area contributed by atoms with Crippen LogP contribution >= 0.6 is 0 Å². The highest BCUT2D eigenvalue weighted by atomic mass is 16.5. The Morgan fingerprint density at radius 1 is 1.03 bits per heavy atom. The van der Waals surface area contributed by atoms with Gasteiger partial charge in [0, 0.05) is 31.1 Å². The van der Waals surface area contributed by atoms with E-state index in [9.17, 15) is 19.8 Å². The molecular weight excluding hydrogens is 474 g/mol. The van der Waals surface area contributed by atoms with Gasteiger partial charge in [-0.25, -0.2) is 4.79 Å². The zero-order valence-electron chi connectivity index (χ0n) is 20.3. The van der Waals surface area contributed by atoms with Crippen molar-refractivity contribution in [3.05, 3.63) is 99.9 Å². The SMILES string of the molecule is Cc1ccccc1COc1ccc(CN2C[C@H](O)C[C@H]2C(=O)O)c(Oc2cc(=O)oc3ccccc23)c1. The maximum absolute atomic E-state index is 12.2. The lowest BCUT2D eigenvalue weighted by atomic mass is 10.1. The first kappa shape index (κ1) is 24.5. The normalized spacial score (nSPS) is 17.7. The molecule has 1 fully saturated rings. The van der Waals surface area contributed by atoms with E-state index in [0.717, 1.165) is 11.1 Å². The van der Waals surface area contributed by atoms with Crippen LogP contribution in [-0.2, 0) is 17.9 Å². The van der Waals surface area contributed by atoms with Gasteiger partial charge in [0.25, 0.3) is 0 Å². The quantitative estimate of drug-likeness (QED) is 0.340. The molecular formula is C29H27NO7. The third-order valence-corrected chi connectivity index (χ3v) is 6.57. The van der Waals surface area contributed by atoms with Crippen molar-refractivity contribution in [2.45, 2.75) is 38.6 Å². The number of rotatable bonds is 8. The molecule has 0 unspecified atom stereocenters. The summed E-state index contributed by atoms with van der Waals surface area (Å²) in [5, 5.41) is 20.3. The van der Waals surface area contributed by atoms with Gasteiger partial charge in [-0.15, -0.1) is 0 Å². The molecule has 2 N–H and O–H groups in total. The molecule has 0 bridgehead atoms. The van der Waals surface area contributed by atoms with Crippen molar-refractivity contribution in [1.82, 2.24) is 4.90 Å². The maximum Gasteiger partial charge on any atom is 0.339 e. The highest BCUT2D eigenvalue weighted by molar-refractivity contribution is 5.83. The fourth-order valence-electron chi connectivity index (χ4n) is 4.60. The van der Waals surface area contributed by atoms with Crippen LogP contribution in [0.15, 0.2) is 82.0 Å². The van der Waals surface area contributed by atoms with Crippen molar-refractivity contribution < 1.29 is 28.9 Å². The van der Waals surface area contributed by atoms with Crippen LogP contribution in [0.3, 0.4) is 0 Å². The molecule has 2 heterocycles. The largest absolute Gasteiger partial charge is 0.489 e. The van der Waals surface area contributed by atoms with Gasteiger partial charge in [0.1, 0.15) is 35.5 Å². The molecule has 8 nitrogen and oxygen atoms in total. The minimum atomic E-state index is -0.983. The van der Waals surface area contributed by atoms with E-state index >= 15 is 0 Å². The second-order valence-corrected chi connectivity index (χ2v) is 9.19. The summed E-state index contributed by atoms with van der Waals surface area (Å²) in [7, 11) is 0. The first-order chi connectivity index (χ1) is 17.9. The Bertz CT molecular complexity index is 1500. The van der Waals surface area contributed by atoms with Gasteiger partial charge in [-0.3, -0.25) is 9.69 Å². The molecule has 8 heteroatoms. The summed E-state index contributed by atoms with van der Waals surface area (Å²) in [6.45, 7) is 2.86. The number of fused-ring (bicyclic) bond motifs is 1. The lowest BCUT2D eigenvalue weighted by Crippen LogP contribution is -2.35. The number of carbonyl (C=O) groups is 1. The van der Waals surface area contributed by atoms with Gasteiger partial charge < -0.3 is 24.1 Å². The highest BCUT2D eigenvalue weighted by Crippen LogP contribution is 2.35. The number of aliphatic hydroxyl groups is 1. The molecule has 0 aliphatic carbocycles. The number of hydrogen-bond donors (Lipinski definition) is 2. The van der Waals surface area contributed by atoms with E-state index < -0.39 is 23.7 Å². The number of carboxylic acids is 1. The third-order valence-electron chi connectivity index (χ3n) is 6.57. The van der Waals surface area contributed by atoms with Crippen molar-refractivity contribution in [3.63, 3.8) is 0 Å². The maximum atomic E-state index is 12.2. The van der Waals surface area contributed by atoms with Crippen molar-refractivity contribution in [2.24, 2.45) is 0 Å². The van der Waals surface area contributed by atoms with Crippen LogP contribution in [0.2, 0.25) is 0 Å². The number of aliphatic carboxylic acids is 1. The number of nitrogens with zero attached hydrogens (tertiary/aromatic N) is 1.